The summed E-state index contributed by atoms with van der Waals surface area (Å²) in [7, 11) is 0. The topological polar surface area (TPSA) is 53.3 Å². The lowest BCUT2D eigenvalue weighted by Gasteiger charge is -2.23. The van der Waals surface area contributed by atoms with E-state index in [9.17, 15) is 9.18 Å². The van der Waals surface area contributed by atoms with Crippen molar-refractivity contribution in [1.29, 1.82) is 5.26 Å². The van der Waals surface area contributed by atoms with Gasteiger partial charge in [-0.1, -0.05) is 6.07 Å². The van der Waals surface area contributed by atoms with Crippen molar-refractivity contribution in [3.05, 3.63) is 35.1 Å². The van der Waals surface area contributed by atoms with Crippen LogP contribution in [0.4, 0.5) is 4.39 Å². The molecule has 1 aliphatic rings. The first-order valence-corrected chi connectivity index (χ1v) is 6.75. The maximum atomic E-state index is 13.9. The summed E-state index contributed by atoms with van der Waals surface area (Å²) in [6.45, 7) is 3.25. The summed E-state index contributed by atoms with van der Waals surface area (Å²) >= 11 is 0. The van der Waals surface area contributed by atoms with Crippen LogP contribution >= 0.6 is 0 Å². The van der Waals surface area contributed by atoms with Crippen molar-refractivity contribution in [2.75, 3.05) is 13.2 Å². The van der Waals surface area contributed by atoms with Gasteiger partial charge in [0, 0.05) is 12.1 Å². The van der Waals surface area contributed by atoms with Gasteiger partial charge in [-0.15, -0.1) is 0 Å². The molecular weight excluding hydrogens is 259 g/mol. The van der Waals surface area contributed by atoms with Crippen molar-refractivity contribution in [3.63, 3.8) is 0 Å². The molecule has 0 radical (unpaired) electrons. The molecule has 20 heavy (non-hydrogen) atoms. The van der Waals surface area contributed by atoms with Crippen molar-refractivity contribution in [2.24, 2.45) is 0 Å². The standard InChI is InChI=1S/C15H17FN2O2/c1-2-20-15(19)14-4-3-7-18(14)10-12-6-5-11(9-17)8-13(12)16/h5-6,8,14H,2-4,7,10H2,1H3. The fourth-order valence-electron chi connectivity index (χ4n) is 2.48. The summed E-state index contributed by atoms with van der Waals surface area (Å²) in [5, 5.41) is 8.72. The second-order valence-corrected chi connectivity index (χ2v) is 4.80. The Morgan fingerprint density at radius 1 is 1.60 bits per heavy atom. The number of halogens is 1. The van der Waals surface area contributed by atoms with Crippen molar-refractivity contribution in [3.8, 4) is 6.07 Å². The molecule has 1 aromatic rings. The quantitative estimate of drug-likeness (QED) is 0.791. The number of benzene rings is 1. The summed E-state index contributed by atoms with van der Waals surface area (Å²) < 4.78 is 18.9. The molecule has 4 nitrogen and oxygen atoms in total. The summed E-state index contributed by atoms with van der Waals surface area (Å²) in [5.41, 5.74) is 0.801. The van der Waals surface area contributed by atoms with E-state index in [0.717, 1.165) is 19.4 Å². The number of esters is 1. The van der Waals surface area contributed by atoms with Gasteiger partial charge in [0.1, 0.15) is 11.9 Å². The number of carbonyl (C=O) groups is 1. The lowest BCUT2D eigenvalue weighted by Crippen LogP contribution is -2.37. The van der Waals surface area contributed by atoms with Gasteiger partial charge in [0.05, 0.1) is 18.2 Å². The molecule has 1 unspecified atom stereocenters. The van der Waals surface area contributed by atoms with Gasteiger partial charge < -0.3 is 4.74 Å². The molecular formula is C15H17FN2O2. The summed E-state index contributed by atoms with van der Waals surface area (Å²) in [4.78, 5) is 13.8. The molecule has 1 saturated heterocycles. The number of carbonyl (C=O) groups excluding carboxylic acids is 1. The monoisotopic (exact) mass is 276 g/mol. The fraction of sp³-hybridized carbons (Fsp3) is 0.467. The number of hydrogen-bond donors (Lipinski definition) is 0. The minimum Gasteiger partial charge on any atom is -0.465 e. The highest BCUT2D eigenvalue weighted by Crippen LogP contribution is 2.22. The van der Waals surface area contributed by atoms with Crippen LogP contribution in [-0.2, 0) is 16.1 Å². The molecule has 0 aliphatic carbocycles. The van der Waals surface area contributed by atoms with E-state index < -0.39 is 5.82 Å². The largest absolute Gasteiger partial charge is 0.465 e. The molecule has 0 spiro atoms. The van der Waals surface area contributed by atoms with E-state index in [2.05, 4.69) is 0 Å². The van der Waals surface area contributed by atoms with Gasteiger partial charge in [-0.05, 0) is 38.4 Å². The van der Waals surface area contributed by atoms with Crippen LogP contribution in [0.2, 0.25) is 0 Å². The average molecular weight is 276 g/mol. The predicted octanol–water partition coefficient (Wildman–Crippen LogP) is 2.22. The van der Waals surface area contributed by atoms with Gasteiger partial charge in [0.25, 0.3) is 0 Å². The molecule has 0 bridgehead atoms. The first-order chi connectivity index (χ1) is 9.65. The summed E-state index contributed by atoms with van der Waals surface area (Å²) in [5.74, 6) is -0.641. The van der Waals surface area contributed by atoms with Crippen molar-refractivity contribution >= 4 is 5.97 Å². The third kappa shape index (κ3) is 3.14. The van der Waals surface area contributed by atoms with E-state index in [0.29, 0.717) is 24.3 Å². The van der Waals surface area contributed by atoms with Crippen LogP contribution in [0.3, 0.4) is 0 Å². The Labute approximate surface area is 117 Å². The fourth-order valence-corrected chi connectivity index (χ4v) is 2.48. The number of nitriles is 1. The lowest BCUT2D eigenvalue weighted by molar-refractivity contribution is -0.148. The lowest BCUT2D eigenvalue weighted by atomic mass is 10.1. The molecule has 5 heteroatoms. The maximum absolute atomic E-state index is 13.9. The Balaban J connectivity index is 2.09. The van der Waals surface area contributed by atoms with E-state index in [-0.39, 0.29) is 12.0 Å². The molecule has 1 aromatic carbocycles. The Bertz CT molecular complexity index is 539. The minimum absolute atomic E-state index is 0.237. The number of likely N-dealkylation sites (tertiary alicyclic amines) is 1. The molecule has 1 aliphatic heterocycles. The minimum atomic E-state index is -0.404. The van der Waals surface area contributed by atoms with E-state index >= 15 is 0 Å². The average Bonchev–Trinajstić information content (AvgIpc) is 2.89. The number of hydrogen-bond acceptors (Lipinski definition) is 4. The first-order valence-electron chi connectivity index (χ1n) is 6.75. The molecule has 106 valence electrons. The molecule has 0 N–H and O–H groups in total. The van der Waals surface area contributed by atoms with E-state index in [1.807, 2.05) is 11.0 Å². The SMILES string of the molecule is CCOC(=O)C1CCCN1Cc1ccc(C#N)cc1F. The maximum Gasteiger partial charge on any atom is 0.323 e. The third-order valence-electron chi connectivity index (χ3n) is 3.48. The van der Waals surface area contributed by atoms with E-state index in [4.69, 9.17) is 10.00 Å². The molecule has 1 atom stereocenters. The highest BCUT2D eigenvalue weighted by Gasteiger charge is 2.32. The van der Waals surface area contributed by atoms with Crippen LogP contribution in [-0.4, -0.2) is 30.1 Å². The van der Waals surface area contributed by atoms with Crippen LogP contribution in [0, 0.1) is 17.1 Å². The molecule has 2 rings (SSSR count). The molecule has 1 heterocycles. The zero-order valence-electron chi connectivity index (χ0n) is 11.4. The van der Waals surface area contributed by atoms with Crippen molar-refractivity contribution < 1.29 is 13.9 Å². The molecule has 0 saturated carbocycles. The van der Waals surface area contributed by atoms with Crippen molar-refractivity contribution in [2.45, 2.75) is 32.4 Å². The highest BCUT2D eigenvalue weighted by atomic mass is 19.1. The van der Waals surface area contributed by atoms with Crippen molar-refractivity contribution in [1.82, 2.24) is 4.90 Å². The Hall–Kier alpha value is -1.93. The smallest absolute Gasteiger partial charge is 0.323 e. The van der Waals surface area contributed by atoms with Gasteiger partial charge in [-0.25, -0.2) is 4.39 Å². The first kappa shape index (κ1) is 14.5. The Morgan fingerprint density at radius 2 is 2.40 bits per heavy atom. The normalized spacial score (nSPS) is 18.8. The number of nitrogens with zero attached hydrogens (tertiary/aromatic N) is 2. The molecule has 1 fully saturated rings. The van der Waals surface area contributed by atoms with Crippen LogP contribution in [0.15, 0.2) is 18.2 Å². The summed E-state index contributed by atoms with van der Waals surface area (Å²) in [6, 6.07) is 6.04. The zero-order valence-corrected chi connectivity index (χ0v) is 11.4. The zero-order chi connectivity index (χ0) is 14.5. The number of ether oxygens (including phenoxy) is 1. The molecule has 0 aromatic heterocycles. The van der Waals surface area contributed by atoms with Crippen LogP contribution in [0.1, 0.15) is 30.9 Å². The summed E-state index contributed by atoms with van der Waals surface area (Å²) in [6.07, 6.45) is 1.65. The Kier molecular flexibility index (Phi) is 4.70. The molecule has 0 amide bonds. The second-order valence-electron chi connectivity index (χ2n) is 4.80. The van der Waals surface area contributed by atoms with Crippen LogP contribution in [0.25, 0.3) is 0 Å². The second kappa shape index (κ2) is 6.49. The van der Waals surface area contributed by atoms with E-state index in [1.165, 1.54) is 6.07 Å². The van der Waals surface area contributed by atoms with Gasteiger partial charge in [-0.2, -0.15) is 5.26 Å². The van der Waals surface area contributed by atoms with Gasteiger partial charge in [-0.3, -0.25) is 9.69 Å². The van der Waals surface area contributed by atoms with Crippen LogP contribution in [0.5, 0.6) is 0 Å². The predicted molar refractivity (Wildman–Crippen MR) is 71.2 cm³/mol. The number of rotatable bonds is 4. The van der Waals surface area contributed by atoms with Gasteiger partial charge in [0.15, 0.2) is 0 Å². The highest BCUT2D eigenvalue weighted by molar-refractivity contribution is 5.76. The van der Waals surface area contributed by atoms with E-state index in [1.54, 1.807) is 19.1 Å². The van der Waals surface area contributed by atoms with Gasteiger partial charge in [0.2, 0.25) is 0 Å². The Morgan fingerprint density at radius 3 is 3.05 bits per heavy atom. The van der Waals surface area contributed by atoms with Crippen LogP contribution < -0.4 is 0 Å². The third-order valence-corrected chi connectivity index (χ3v) is 3.48. The van der Waals surface area contributed by atoms with Gasteiger partial charge >= 0.3 is 5.97 Å².